The number of aromatic nitrogens is 1. The van der Waals surface area contributed by atoms with Gasteiger partial charge in [0.05, 0.1) is 40.0 Å². The van der Waals surface area contributed by atoms with Gasteiger partial charge in [-0.1, -0.05) is 42.5 Å². The molecular weight excluding hydrogens is 719 g/mol. The number of amides is 1. The van der Waals surface area contributed by atoms with Crippen LogP contribution in [-0.2, 0) is 22.5 Å². The molecule has 0 radical (unpaired) electrons. The summed E-state index contributed by atoms with van der Waals surface area (Å²) in [5, 5.41) is 9.74. The lowest BCUT2D eigenvalue weighted by Gasteiger charge is -2.35. The van der Waals surface area contributed by atoms with Crippen LogP contribution in [0.5, 0.6) is 17.4 Å². The van der Waals surface area contributed by atoms with Gasteiger partial charge in [-0.05, 0) is 111 Å². The minimum absolute atomic E-state index is 0.00873. The first-order chi connectivity index (χ1) is 27.8. The molecule has 0 saturated carbocycles. The molecule has 5 aliphatic rings. The largest absolute Gasteiger partial charge is 0.493 e. The number of fused-ring (bicyclic) bond motifs is 4. The molecular formula is C46H53N5O6. The first-order valence-electron chi connectivity index (χ1n) is 20.2. The Labute approximate surface area is 335 Å². The normalized spacial score (nSPS) is 22.6. The minimum atomic E-state index is -0.265. The van der Waals surface area contributed by atoms with Crippen molar-refractivity contribution in [3.05, 3.63) is 100 Å². The van der Waals surface area contributed by atoms with Crippen molar-refractivity contribution < 1.29 is 28.5 Å². The lowest BCUT2D eigenvalue weighted by Crippen LogP contribution is -2.41. The van der Waals surface area contributed by atoms with E-state index in [9.17, 15) is 9.59 Å². The van der Waals surface area contributed by atoms with Crippen LogP contribution < -0.4 is 19.5 Å². The minimum Gasteiger partial charge on any atom is -0.493 e. The number of carbonyl (C=O) groups excluding carboxylic acids is 2. The molecule has 3 unspecified atom stereocenters. The quantitative estimate of drug-likeness (QED) is 0.186. The number of nitrogens with zero attached hydrogens (tertiary/aromatic N) is 4. The average Bonchev–Trinajstić information content (AvgIpc) is 3.99. The van der Waals surface area contributed by atoms with E-state index in [2.05, 4.69) is 73.8 Å². The highest BCUT2D eigenvalue weighted by Crippen LogP contribution is 2.45. The molecule has 1 N–H and O–H groups in total. The maximum absolute atomic E-state index is 12.9. The molecule has 298 valence electrons. The van der Waals surface area contributed by atoms with Crippen LogP contribution in [0.4, 0.5) is 5.69 Å². The van der Waals surface area contributed by atoms with E-state index in [1.54, 1.807) is 27.5 Å². The van der Waals surface area contributed by atoms with Crippen molar-refractivity contribution in [2.24, 2.45) is 22.9 Å². The van der Waals surface area contributed by atoms with E-state index in [0.717, 1.165) is 90.1 Å². The predicted octanol–water partition coefficient (Wildman–Crippen LogP) is 7.43. The van der Waals surface area contributed by atoms with Crippen LogP contribution >= 0.6 is 0 Å². The monoisotopic (exact) mass is 771 g/mol. The molecule has 0 bridgehead atoms. The van der Waals surface area contributed by atoms with Gasteiger partial charge in [-0.2, -0.15) is 5.10 Å². The number of anilines is 1. The van der Waals surface area contributed by atoms with Crippen LogP contribution in [0.15, 0.2) is 72.0 Å². The number of likely N-dealkylation sites (tertiary alicyclic amines) is 1. The number of nitrogens with one attached hydrogen (secondary N) is 1. The summed E-state index contributed by atoms with van der Waals surface area (Å²) in [5.41, 5.74) is 9.42. The van der Waals surface area contributed by atoms with E-state index >= 15 is 0 Å². The van der Waals surface area contributed by atoms with Crippen molar-refractivity contribution in [3.63, 3.8) is 0 Å². The molecule has 11 heteroatoms. The summed E-state index contributed by atoms with van der Waals surface area (Å²) in [7, 11) is 4.88. The van der Waals surface area contributed by atoms with Gasteiger partial charge in [-0.15, -0.1) is 0 Å². The van der Waals surface area contributed by atoms with Crippen molar-refractivity contribution in [3.8, 4) is 28.5 Å². The average molecular weight is 772 g/mol. The maximum atomic E-state index is 12.9. The Balaban J connectivity index is 0.000000160. The Bertz CT molecular complexity index is 2140. The Kier molecular flexibility index (Phi) is 11.3. The Morgan fingerprint density at radius 3 is 2.40 bits per heavy atom. The Morgan fingerprint density at radius 2 is 1.68 bits per heavy atom. The SMILES string of the molecule is COc1cc2c(cc1OC)C(=O)C(CC1CCN(Cc3ccccc3)CC1)C2.COc1ncc(C)c(-c2ccc3c(c2)NC(=O)C2C=NN([C@H]4CCOC4)C32)c1C. The Morgan fingerprint density at radius 1 is 0.912 bits per heavy atom. The molecule has 1 aliphatic carbocycles. The van der Waals surface area contributed by atoms with Crippen LogP contribution in [0.1, 0.15) is 69.9 Å². The third kappa shape index (κ3) is 7.75. The summed E-state index contributed by atoms with van der Waals surface area (Å²) in [6, 6.07) is 20.9. The lowest BCUT2D eigenvalue weighted by atomic mass is 9.85. The topological polar surface area (TPSA) is 115 Å². The van der Waals surface area contributed by atoms with Gasteiger partial charge in [0.1, 0.15) is 5.92 Å². The highest BCUT2D eigenvalue weighted by atomic mass is 16.5. The third-order valence-electron chi connectivity index (χ3n) is 12.4. The number of ether oxygens (including phenoxy) is 4. The number of Topliss-reactive ketones (excluding diaryl/α,β-unsaturated/α-hetero) is 1. The van der Waals surface area contributed by atoms with Crippen molar-refractivity contribution in [1.82, 2.24) is 14.9 Å². The van der Waals surface area contributed by atoms with Gasteiger partial charge >= 0.3 is 0 Å². The number of piperidine rings is 1. The third-order valence-corrected chi connectivity index (χ3v) is 12.4. The fourth-order valence-electron chi connectivity index (χ4n) is 9.44. The van der Waals surface area contributed by atoms with Gasteiger partial charge < -0.3 is 24.3 Å². The summed E-state index contributed by atoms with van der Waals surface area (Å²) >= 11 is 0. The highest BCUT2D eigenvalue weighted by Gasteiger charge is 2.45. The molecule has 3 aromatic carbocycles. The first kappa shape index (κ1) is 38.6. The van der Waals surface area contributed by atoms with Crippen LogP contribution in [0, 0.1) is 31.6 Å². The second-order valence-corrected chi connectivity index (χ2v) is 15.9. The summed E-state index contributed by atoms with van der Waals surface area (Å²) in [6.07, 6.45) is 8.72. The number of hydrazone groups is 1. The van der Waals surface area contributed by atoms with E-state index in [4.69, 9.17) is 18.9 Å². The molecule has 2 saturated heterocycles. The number of rotatable bonds is 9. The standard InChI is InChI=1S/C24H29NO3.C22H24N4O3/c1-27-22-14-19-13-20(24(26)21(19)15-23(22)28-2)12-17-8-10-25(11-9-17)16-18-6-4-3-5-7-18;1-12-9-23-22(28-3)13(2)19(12)14-4-5-16-18(8-14)25-21(27)17-10-24-26(20(16)17)15-6-7-29-11-15/h3-7,14-15,17,20H,8-13,16H2,1-2H3;4-5,8-10,15,17,20H,6-7,11H2,1-3H3,(H,25,27)/t;15-,17?,20?/m.0/s1. The van der Waals surface area contributed by atoms with Gasteiger partial charge in [0.25, 0.3) is 0 Å². The molecule has 4 aliphatic heterocycles. The molecule has 4 atom stereocenters. The van der Waals surface area contributed by atoms with E-state index in [-0.39, 0.29) is 35.6 Å². The van der Waals surface area contributed by atoms with Gasteiger partial charge in [0.15, 0.2) is 17.3 Å². The zero-order valence-electron chi connectivity index (χ0n) is 33.6. The summed E-state index contributed by atoms with van der Waals surface area (Å²) in [4.78, 5) is 32.6. The predicted molar refractivity (Wildman–Crippen MR) is 220 cm³/mol. The molecule has 11 nitrogen and oxygen atoms in total. The van der Waals surface area contributed by atoms with Crippen LogP contribution in [0.2, 0.25) is 0 Å². The van der Waals surface area contributed by atoms with E-state index < -0.39 is 0 Å². The first-order valence-corrected chi connectivity index (χ1v) is 20.2. The lowest BCUT2D eigenvalue weighted by molar-refractivity contribution is -0.119. The molecule has 9 rings (SSSR count). The van der Waals surface area contributed by atoms with Gasteiger partial charge in [0.2, 0.25) is 11.8 Å². The second-order valence-electron chi connectivity index (χ2n) is 15.9. The summed E-state index contributed by atoms with van der Waals surface area (Å²) in [5.74, 6) is 2.72. The number of methoxy groups -OCH3 is 3. The smallest absolute Gasteiger partial charge is 0.235 e. The van der Waals surface area contributed by atoms with Crippen molar-refractivity contribution in [2.45, 2.75) is 64.6 Å². The van der Waals surface area contributed by atoms with E-state index in [0.29, 0.717) is 29.9 Å². The zero-order valence-corrected chi connectivity index (χ0v) is 33.6. The zero-order chi connectivity index (χ0) is 39.6. The molecule has 1 aromatic heterocycles. The number of hydrogen-bond donors (Lipinski definition) is 1. The van der Waals surface area contributed by atoms with Crippen LogP contribution in [0.25, 0.3) is 11.1 Å². The van der Waals surface area contributed by atoms with Gasteiger partial charge in [-0.3, -0.25) is 19.5 Å². The number of hydrogen-bond acceptors (Lipinski definition) is 10. The highest BCUT2D eigenvalue weighted by molar-refractivity contribution is 6.06. The van der Waals surface area contributed by atoms with Crippen molar-refractivity contribution in [2.75, 3.05) is 52.9 Å². The number of benzene rings is 3. The maximum Gasteiger partial charge on any atom is 0.235 e. The number of carbonyl (C=O) groups is 2. The second kappa shape index (κ2) is 16.7. The summed E-state index contributed by atoms with van der Waals surface area (Å²) < 4.78 is 21.7. The van der Waals surface area contributed by atoms with Crippen LogP contribution in [0.3, 0.4) is 0 Å². The molecule has 4 aromatic rings. The summed E-state index contributed by atoms with van der Waals surface area (Å²) in [6.45, 7) is 8.72. The van der Waals surface area contributed by atoms with Gasteiger partial charge in [-0.25, -0.2) is 4.98 Å². The molecule has 2 fully saturated rings. The Hall–Kier alpha value is -5.26. The molecule has 1 amide bonds. The van der Waals surface area contributed by atoms with E-state index in [1.165, 1.54) is 18.4 Å². The van der Waals surface area contributed by atoms with Crippen LogP contribution in [-0.4, -0.2) is 86.5 Å². The van der Waals surface area contributed by atoms with Crippen molar-refractivity contribution in [1.29, 1.82) is 0 Å². The van der Waals surface area contributed by atoms with Crippen molar-refractivity contribution >= 4 is 23.6 Å². The fourth-order valence-corrected chi connectivity index (χ4v) is 9.44. The molecule has 0 spiro atoms. The number of ketones is 1. The number of aryl methyl sites for hydroxylation is 1. The van der Waals surface area contributed by atoms with E-state index in [1.807, 2.05) is 32.2 Å². The molecule has 5 heterocycles. The fraction of sp³-hybridized carbons (Fsp3) is 0.435. The number of pyridine rings is 1. The van der Waals surface area contributed by atoms with Gasteiger partial charge in [0, 0.05) is 53.9 Å². The molecule has 57 heavy (non-hydrogen) atoms.